The van der Waals surface area contributed by atoms with Crippen LogP contribution in [0.3, 0.4) is 0 Å². The van der Waals surface area contributed by atoms with Crippen molar-refractivity contribution in [3.63, 3.8) is 0 Å². The number of likely N-dealkylation sites (tertiary alicyclic amines) is 1. The Morgan fingerprint density at radius 3 is 2.42 bits per heavy atom. The molecule has 3 atom stereocenters. The van der Waals surface area contributed by atoms with Crippen molar-refractivity contribution in [2.24, 2.45) is 0 Å². The monoisotopic (exact) mass is 517 g/mol. The van der Waals surface area contributed by atoms with E-state index in [-0.39, 0.29) is 12.3 Å². The summed E-state index contributed by atoms with van der Waals surface area (Å²) in [5.41, 5.74) is 3.05. The standard InChI is InChI=1S/C29H39N7O2/c1-19(2)35-17-24-14-23(35)18-36(24)29-33-25(15-27(34-29)31-16-28(37-4)38-5)22-11-12-30-26(13-22)32-20(3)21-9-7-6-8-10-21/h6-13,15,19-20,23-24,28H,14,16-18H2,1-5H3,(H,30,32)(H,31,33,34)/t20-,23-,24-/m0/s1. The summed E-state index contributed by atoms with van der Waals surface area (Å²) in [5.74, 6) is 2.31. The van der Waals surface area contributed by atoms with Crippen LogP contribution in [0.5, 0.6) is 0 Å². The van der Waals surface area contributed by atoms with Crippen LogP contribution >= 0.6 is 0 Å². The number of fused-ring (bicyclic) bond motifs is 2. The number of piperazine rings is 1. The molecule has 38 heavy (non-hydrogen) atoms. The van der Waals surface area contributed by atoms with Gasteiger partial charge in [-0.25, -0.2) is 9.97 Å². The fraction of sp³-hybridized carbons (Fsp3) is 0.483. The van der Waals surface area contributed by atoms with Crippen LogP contribution in [0.4, 0.5) is 17.6 Å². The molecule has 0 unspecified atom stereocenters. The predicted molar refractivity (Wildman–Crippen MR) is 151 cm³/mol. The van der Waals surface area contributed by atoms with E-state index in [1.807, 2.05) is 24.4 Å². The van der Waals surface area contributed by atoms with Crippen molar-refractivity contribution >= 4 is 17.6 Å². The first-order chi connectivity index (χ1) is 18.4. The number of aromatic nitrogens is 3. The normalized spacial score (nSPS) is 19.9. The van der Waals surface area contributed by atoms with E-state index < -0.39 is 0 Å². The highest BCUT2D eigenvalue weighted by atomic mass is 16.7. The Balaban J connectivity index is 1.42. The van der Waals surface area contributed by atoms with Crippen molar-refractivity contribution in [2.75, 3.05) is 49.4 Å². The van der Waals surface area contributed by atoms with Gasteiger partial charge in [0.1, 0.15) is 11.6 Å². The number of nitrogens with zero attached hydrogens (tertiary/aromatic N) is 5. The van der Waals surface area contributed by atoms with Crippen molar-refractivity contribution in [2.45, 2.75) is 57.6 Å². The fourth-order valence-electron chi connectivity index (χ4n) is 5.54. The third kappa shape index (κ3) is 5.75. The van der Waals surface area contributed by atoms with Crippen molar-refractivity contribution < 1.29 is 9.47 Å². The molecule has 0 amide bonds. The van der Waals surface area contributed by atoms with E-state index in [0.717, 1.165) is 48.4 Å². The average molecular weight is 518 g/mol. The molecule has 3 aromatic rings. The number of ether oxygens (including phenoxy) is 2. The van der Waals surface area contributed by atoms with E-state index in [0.29, 0.717) is 24.7 Å². The van der Waals surface area contributed by atoms with Gasteiger partial charge in [0.25, 0.3) is 0 Å². The number of hydrogen-bond donors (Lipinski definition) is 2. The molecule has 2 aliphatic heterocycles. The third-order valence-electron chi connectivity index (χ3n) is 7.61. The second kappa shape index (κ2) is 11.6. The Morgan fingerprint density at radius 2 is 1.74 bits per heavy atom. The predicted octanol–water partition coefficient (Wildman–Crippen LogP) is 4.41. The lowest BCUT2D eigenvalue weighted by Crippen LogP contribution is -2.49. The Kier molecular flexibility index (Phi) is 8.06. The van der Waals surface area contributed by atoms with E-state index >= 15 is 0 Å². The van der Waals surface area contributed by atoms with Gasteiger partial charge in [-0.2, -0.15) is 4.98 Å². The third-order valence-corrected chi connectivity index (χ3v) is 7.61. The molecule has 0 aliphatic carbocycles. The van der Waals surface area contributed by atoms with Crippen LogP contribution in [0.15, 0.2) is 54.7 Å². The summed E-state index contributed by atoms with van der Waals surface area (Å²) in [6, 6.07) is 18.1. The second-order valence-corrected chi connectivity index (χ2v) is 10.4. The molecule has 202 valence electrons. The number of pyridine rings is 1. The first kappa shape index (κ1) is 26.3. The Bertz CT molecular complexity index is 1200. The first-order valence-corrected chi connectivity index (χ1v) is 13.4. The van der Waals surface area contributed by atoms with E-state index in [1.165, 1.54) is 5.56 Å². The molecule has 2 bridgehead atoms. The molecule has 9 heteroatoms. The van der Waals surface area contributed by atoms with Crippen LogP contribution in [0.25, 0.3) is 11.3 Å². The minimum Gasteiger partial charge on any atom is -0.365 e. The van der Waals surface area contributed by atoms with Crippen LogP contribution < -0.4 is 15.5 Å². The highest BCUT2D eigenvalue weighted by molar-refractivity contribution is 5.67. The average Bonchev–Trinajstić information content (AvgIpc) is 3.56. The van der Waals surface area contributed by atoms with Crippen LogP contribution in [-0.2, 0) is 9.47 Å². The number of nitrogens with one attached hydrogen (secondary N) is 2. The molecule has 4 heterocycles. The summed E-state index contributed by atoms with van der Waals surface area (Å²) >= 11 is 0. The second-order valence-electron chi connectivity index (χ2n) is 10.4. The summed E-state index contributed by atoms with van der Waals surface area (Å²) in [4.78, 5) is 19.5. The quantitative estimate of drug-likeness (QED) is 0.359. The SMILES string of the molecule is COC(CNc1cc(-c2ccnc(N[C@@H](C)c3ccccc3)c2)nc(N2C[C@@H]3C[C@H]2CN3C(C)C)n1)OC. The van der Waals surface area contributed by atoms with Crippen molar-refractivity contribution in [3.8, 4) is 11.3 Å². The molecule has 0 radical (unpaired) electrons. The zero-order valence-corrected chi connectivity index (χ0v) is 23.0. The summed E-state index contributed by atoms with van der Waals surface area (Å²) in [6.45, 7) is 9.17. The van der Waals surface area contributed by atoms with Gasteiger partial charge in [0.2, 0.25) is 5.95 Å². The van der Waals surface area contributed by atoms with Crippen molar-refractivity contribution in [3.05, 3.63) is 60.3 Å². The number of hydrogen-bond acceptors (Lipinski definition) is 9. The van der Waals surface area contributed by atoms with Crippen LogP contribution in [0.1, 0.15) is 38.8 Å². The number of benzene rings is 1. The minimum atomic E-state index is -0.365. The number of methoxy groups -OCH3 is 2. The van der Waals surface area contributed by atoms with Crippen LogP contribution in [0.2, 0.25) is 0 Å². The van der Waals surface area contributed by atoms with Gasteiger partial charge in [0, 0.05) is 69.3 Å². The maximum absolute atomic E-state index is 5.37. The zero-order chi connectivity index (χ0) is 26.6. The van der Waals surface area contributed by atoms with Gasteiger partial charge in [0.15, 0.2) is 6.29 Å². The molecule has 5 rings (SSSR count). The summed E-state index contributed by atoms with van der Waals surface area (Å²) in [6.07, 6.45) is 2.62. The lowest BCUT2D eigenvalue weighted by molar-refractivity contribution is -0.0914. The van der Waals surface area contributed by atoms with E-state index in [9.17, 15) is 0 Å². The smallest absolute Gasteiger partial charge is 0.228 e. The van der Waals surface area contributed by atoms with E-state index in [1.54, 1.807) is 14.2 Å². The molecule has 2 aromatic heterocycles. The van der Waals surface area contributed by atoms with Gasteiger partial charge in [-0.1, -0.05) is 30.3 Å². The van der Waals surface area contributed by atoms with E-state index in [4.69, 9.17) is 19.4 Å². The molecule has 0 spiro atoms. The van der Waals surface area contributed by atoms with Crippen molar-refractivity contribution in [1.29, 1.82) is 0 Å². The Labute approximate surface area is 225 Å². The molecule has 2 N–H and O–H groups in total. The highest BCUT2D eigenvalue weighted by Gasteiger charge is 2.45. The van der Waals surface area contributed by atoms with E-state index in [2.05, 4.69) is 76.5 Å². The zero-order valence-electron chi connectivity index (χ0n) is 23.0. The summed E-state index contributed by atoms with van der Waals surface area (Å²) < 4.78 is 10.7. The molecule has 1 aromatic carbocycles. The molecule has 2 aliphatic rings. The largest absolute Gasteiger partial charge is 0.365 e. The van der Waals surface area contributed by atoms with Crippen molar-refractivity contribution in [1.82, 2.24) is 19.9 Å². The number of anilines is 3. The Morgan fingerprint density at radius 1 is 0.947 bits per heavy atom. The summed E-state index contributed by atoms with van der Waals surface area (Å²) in [5, 5.41) is 6.92. The number of rotatable bonds is 11. The Hall–Kier alpha value is -3.27. The van der Waals surface area contributed by atoms with Gasteiger partial charge < -0.3 is 25.0 Å². The topological polar surface area (TPSA) is 87.7 Å². The fourth-order valence-corrected chi connectivity index (χ4v) is 5.54. The lowest BCUT2D eigenvalue weighted by Gasteiger charge is -2.36. The van der Waals surface area contributed by atoms with Gasteiger partial charge >= 0.3 is 0 Å². The van der Waals surface area contributed by atoms with Gasteiger partial charge in [-0.15, -0.1) is 0 Å². The van der Waals surface area contributed by atoms with Crippen LogP contribution in [-0.4, -0.2) is 78.1 Å². The van der Waals surface area contributed by atoms with Gasteiger partial charge in [0.05, 0.1) is 12.2 Å². The molecule has 9 nitrogen and oxygen atoms in total. The lowest BCUT2D eigenvalue weighted by atomic mass is 10.1. The molecule has 0 saturated carbocycles. The minimum absolute atomic E-state index is 0.126. The molecular weight excluding hydrogens is 478 g/mol. The molecule has 2 fully saturated rings. The van der Waals surface area contributed by atoms with Gasteiger partial charge in [-0.05, 0) is 44.9 Å². The summed E-state index contributed by atoms with van der Waals surface area (Å²) in [7, 11) is 3.27. The molecule has 2 saturated heterocycles. The van der Waals surface area contributed by atoms with Crippen LogP contribution in [0, 0.1) is 0 Å². The molecular formula is C29H39N7O2. The van der Waals surface area contributed by atoms with Gasteiger partial charge in [-0.3, -0.25) is 4.90 Å². The first-order valence-electron chi connectivity index (χ1n) is 13.4. The highest BCUT2D eigenvalue weighted by Crippen LogP contribution is 2.35. The maximum atomic E-state index is 5.37. The maximum Gasteiger partial charge on any atom is 0.228 e.